The Hall–Kier alpha value is -1.44. The maximum absolute atomic E-state index is 6.18. The highest BCUT2D eigenvalue weighted by atomic mass is 32.1. The lowest BCUT2D eigenvalue weighted by Gasteiger charge is -2.19. The van der Waals surface area contributed by atoms with E-state index >= 15 is 0 Å². The summed E-state index contributed by atoms with van der Waals surface area (Å²) in [5.41, 5.74) is 8.40. The monoisotopic (exact) mass is 307 g/mol. The number of thiophene rings is 1. The zero-order chi connectivity index (χ0) is 14.2. The van der Waals surface area contributed by atoms with Gasteiger partial charge in [-0.05, 0) is 31.2 Å². The Kier molecular flexibility index (Phi) is 3.40. The molecule has 112 valence electrons. The van der Waals surface area contributed by atoms with E-state index in [1.165, 1.54) is 23.3 Å². The van der Waals surface area contributed by atoms with E-state index in [0.717, 1.165) is 23.4 Å². The SMILES string of the molecule is Nc1sc2c(c1-c1nc(C3COCCO3)no1)CCCC2. The van der Waals surface area contributed by atoms with Crippen molar-refractivity contribution in [2.75, 3.05) is 25.6 Å². The molecule has 1 saturated heterocycles. The van der Waals surface area contributed by atoms with Gasteiger partial charge in [0, 0.05) is 4.88 Å². The first-order valence-electron chi connectivity index (χ1n) is 7.26. The van der Waals surface area contributed by atoms with Crippen LogP contribution in [0.15, 0.2) is 4.52 Å². The van der Waals surface area contributed by atoms with Gasteiger partial charge >= 0.3 is 0 Å². The van der Waals surface area contributed by atoms with Gasteiger partial charge in [-0.25, -0.2) is 0 Å². The van der Waals surface area contributed by atoms with Crippen LogP contribution in [-0.4, -0.2) is 30.0 Å². The fourth-order valence-corrected chi connectivity index (χ4v) is 4.08. The molecule has 0 amide bonds. The Bertz CT molecular complexity index is 646. The second-order valence-electron chi connectivity index (χ2n) is 5.34. The maximum atomic E-state index is 6.18. The fourth-order valence-electron chi connectivity index (χ4n) is 2.93. The molecule has 1 aliphatic heterocycles. The molecular formula is C14H17N3O3S. The Morgan fingerprint density at radius 2 is 2.10 bits per heavy atom. The van der Waals surface area contributed by atoms with E-state index in [9.17, 15) is 0 Å². The van der Waals surface area contributed by atoms with Crippen LogP contribution in [0.4, 0.5) is 5.00 Å². The van der Waals surface area contributed by atoms with E-state index in [2.05, 4.69) is 10.1 Å². The number of ether oxygens (including phenoxy) is 2. The fraction of sp³-hybridized carbons (Fsp3) is 0.571. The van der Waals surface area contributed by atoms with Gasteiger partial charge in [0.15, 0.2) is 0 Å². The van der Waals surface area contributed by atoms with E-state index in [1.54, 1.807) is 11.3 Å². The van der Waals surface area contributed by atoms with Crippen molar-refractivity contribution in [1.82, 2.24) is 10.1 Å². The van der Waals surface area contributed by atoms with Crippen molar-refractivity contribution in [3.8, 4) is 11.5 Å². The quantitative estimate of drug-likeness (QED) is 0.917. The van der Waals surface area contributed by atoms with Crippen LogP contribution in [0.1, 0.15) is 35.2 Å². The molecule has 4 rings (SSSR count). The maximum Gasteiger partial charge on any atom is 0.261 e. The van der Waals surface area contributed by atoms with Gasteiger partial charge in [0.25, 0.3) is 5.89 Å². The van der Waals surface area contributed by atoms with Crippen LogP contribution < -0.4 is 5.73 Å². The van der Waals surface area contributed by atoms with Gasteiger partial charge in [0.2, 0.25) is 5.82 Å². The molecule has 21 heavy (non-hydrogen) atoms. The number of rotatable bonds is 2. The third kappa shape index (κ3) is 2.35. The minimum Gasteiger partial charge on any atom is -0.390 e. The molecular weight excluding hydrogens is 290 g/mol. The molecule has 1 aliphatic carbocycles. The molecule has 2 aromatic heterocycles. The number of hydrogen-bond donors (Lipinski definition) is 1. The largest absolute Gasteiger partial charge is 0.390 e. The van der Waals surface area contributed by atoms with Crippen molar-refractivity contribution >= 4 is 16.3 Å². The molecule has 7 heteroatoms. The number of aryl methyl sites for hydroxylation is 1. The summed E-state index contributed by atoms with van der Waals surface area (Å²) in [6.07, 6.45) is 4.32. The smallest absolute Gasteiger partial charge is 0.261 e. The van der Waals surface area contributed by atoms with Crippen molar-refractivity contribution in [2.24, 2.45) is 0 Å². The minimum atomic E-state index is -0.244. The normalized spacial score (nSPS) is 22.2. The van der Waals surface area contributed by atoms with Crippen LogP contribution in [0.25, 0.3) is 11.5 Å². The van der Waals surface area contributed by atoms with Crippen LogP contribution in [0.3, 0.4) is 0 Å². The molecule has 1 fully saturated rings. The Labute approximate surface area is 126 Å². The molecule has 6 nitrogen and oxygen atoms in total. The number of fused-ring (bicyclic) bond motifs is 1. The molecule has 0 bridgehead atoms. The van der Waals surface area contributed by atoms with Gasteiger partial charge in [-0.2, -0.15) is 4.98 Å². The molecule has 2 aliphatic rings. The summed E-state index contributed by atoms with van der Waals surface area (Å²) in [5.74, 6) is 1.05. The summed E-state index contributed by atoms with van der Waals surface area (Å²) < 4.78 is 16.4. The molecule has 2 N–H and O–H groups in total. The first-order chi connectivity index (χ1) is 10.3. The lowest BCUT2D eigenvalue weighted by atomic mass is 9.95. The molecule has 0 radical (unpaired) electrons. The number of anilines is 1. The van der Waals surface area contributed by atoms with Gasteiger partial charge in [-0.1, -0.05) is 5.16 Å². The first-order valence-corrected chi connectivity index (χ1v) is 8.08. The first kappa shape index (κ1) is 13.2. The molecule has 0 spiro atoms. The van der Waals surface area contributed by atoms with Crippen LogP contribution in [-0.2, 0) is 22.3 Å². The lowest BCUT2D eigenvalue weighted by molar-refractivity contribution is -0.0941. The number of aromatic nitrogens is 2. The van der Waals surface area contributed by atoms with Gasteiger partial charge in [-0.3, -0.25) is 0 Å². The van der Waals surface area contributed by atoms with E-state index < -0.39 is 0 Å². The third-order valence-corrected chi connectivity index (χ3v) is 5.08. The van der Waals surface area contributed by atoms with Crippen molar-refractivity contribution in [3.05, 3.63) is 16.3 Å². The average Bonchev–Trinajstić information content (AvgIpc) is 3.11. The Balaban J connectivity index is 1.68. The zero-order valence-electron chi connectivity index (χ0n) is 11.6. The van der Waals surface area contributed by atoms with Crippen molar-refractivity contribution < 1.29 is 14.0 Å². The molecule has 3 heterocycles. The standard InChI is InChI=1S/C14H17N3O3S/c15-12-11(8-3-1-2-4-10(8)21-12)14-16-13(17-20-14)9-7-18-5-6-19-9/h9H,1-7,15H2. The van der Waals surface area contributed by atoms with E-state index in [4.69, 9.17) is 19.7 Å². The van der Waals surface area contributed by atoms with Gasteiger partial charge in [0.1, 0.15) is 6.10 Å². The summed E-state index contributed by atoms with van der Waals surface area (Å²) >= 11 is 1.65. The number of nitrogens with two attached hydrogens (primary N) is 1. The second kappa shape index (κ2) is 5.40. The summed E-state index contributed by atoms with van der Waals surface area (Å²) in [4.78, 5) is 5.86. The highest BCUT2D eigenvalue weighted by molar-refractivity contribution is 7.16. The number of hydrogen-bond acceptors (Lipinski definition) is 7. The van der Waals surface area contributed by atoms with Crippen LogP contribution >= 0.6 is 11.3 Å². The predicted molar refractivity (Wildman–Crippen MR) is 78.2 cm³/mol. The van der Waals surface area contributed by atoms with E-state index in [1.807, 2.05) is 0 Å². The van der Waals surface area contributed by atoms with Crippen molar-refractivity contribution in [2.45, 2.75) is 31.8 Å². The number of nitrogen functional groups attached to an aromatic ring is 1. The zero-order valence-corrected chi connectivity index (χ0v) is 12.4. The Morgan fingerprint density at radius 3 is 2.95 bits per heavy atom. The van der Waals surface area contributed by atoms with Gasteiger partial charge in [0.05, 0.1) is 30.4 Å². The average molecular weight is 307 g/mol. The summed E-state index contributed by atoms with van der Waals surface area (Å²) in [5, 5.41) is 4.82. The third-order valence-electron chi connectivity index (χ3n) is 3.96. The highest BCUT2D eigenvalue weighted by Crippen LogP contribution is 2.42. The van der Waals surface area contributed by atoms with Crippen molar-refractivity contribution in [1.29, 1.82) is 0 Å². The summed E-state index contributed by atoms with van der Waals surface area (Å²) in [7, 11) is 0. The molecule has 2 aromatic rings. The van der Waals surface area contributed by atoms with E-state index in [-0.39, 0.29) is 6.10 Å². The predicted octanol–water partition coefficient (Wildman–Crippen LogP) is 2.35. The molecule has 0 saturated carbocycles. The highest BCUT2D eigenvalue weighted by Gasteiger charge is 2.27. The molecule has 1 unspecified atom stereocenters. The van der Waals surface area contributed by atoms with Gasteiger partial charge in [-0.15, -0.1) is 11.3 Å². The van der Waals surface area contributed by atoms with Crippen LogP contribution in [0.5, 0.6) is 0 Å². The number of nitrogens with zero attached hydrogens (tertiary/aromatic N) is 2. The summed E-state index contributed by atoms with van der Waals surface area (Å²) in [6, 6.07) is 0. The molecule has 0 aromatic carbocycles. The van der Waals surface area contributed by atoms with Crippen LogP contribution in [0, 0.1) is 0 Å². The van der Waals surface area contributed by atoms with Crippen molar-refractivity contribution in [3.63, 3.8) is 0 Å². The topological polar surface area (TPSA) is 83.4 Å². The molecule has 1 atom stereocenters. The van der Waals surface area contributed by atoms with Crippen LogP contribution in [0.2, 0.25) is 0 Å². The van der Waals surface area contributed by atoms with E-state index in [0.29, 0.717) is 31.5 Å². The summed E-state index contributed by atoms with van der Waals surface area (Å²) in [6.45, 7) is 1.65. The second-order valence-corrected chi connectivity index (χ2v) is 6.48. The lowest BCUT2D eigenvalue weighted by Crippen LogP contribution is -2.22. The Morgan fingerprint density at radius 1 is 1.19 bits per heavy atom. The minimum absolute atomic E-state index is 0.244. The van der Waals surface area contributed by atoms with Gasteiger partial charge < -0.3 is 19.7 Å².